The molecule has 2 N–H and O–H groups in total. The molecule has 8 heteroatoms. The van der Waals surface area contributed by atoms with Crippen LogP contribution in [0.15, 0.2) is 48.5 Å². The lowest BCUT2D eigenvalue weighted by molar-refractivity contribution is -0.141. The fourth-order valence-corrected chi connectivity index (χ4v) is 2.40. The highest BCUT2D eigenvalue weighted by atomic mass is 19.4. The van der Waals surface area contributed by atoms with Gasteiger partial charge in [-0.2, -0.15) is 23.5 Å². The van der Waals surface area contributed by atoms with Crippen molar-refractivity contribution in [2.75, 3.05) is 5.73 Å². The zero-order valence-electron chi connectivity index (χ0n) is 12.5. The van der Waals surface area contributed by atoms with Crippen LogP contribution in [0.4, 0.5) is 23.2 Å². The fraction of sp³-hybridized carbons (Fsp3) is 0.0588. The van der Waals surface area contributed by atoms with E-state index in [1.165, 1.54) is 36.4 Å². The van der Waals surface area contributed by atoms with Crippen LogP contribution >= 0.6 is 0 Å². The minimum Gasteiger partial charge on any atom is -0.399 e. The summed E-state index contributed by atoms with van der Waals surface area (Å²) in [5, 5.41) is 12.9. The monoisotopic (exact) mass is 346 g/mol. The first-order valence-corrected chi connectivity index (χ1v) is 7.03. The van der Waals surface area contributed by atoms with Crippen molar-refractivity contribution in [2.24, 2.45) is 0 Å². The second-order valence-electron chi connectivity index (χ2n) is 5.19. The molecule has 0 amide bonds. The summed E-state index contributed by atoms with van der Waals surface area (Å²) in [6.45, 7) is 0. The third-order valence-electron chi connectivity index (χ3n) is 3.52. The second kappa shape index (κ2) is 5.94. The zero-order valence-corrected chi connectivity index (χ0v) is 12.5. The second-order valence-corrected chi connectivity index (χ2v) is 5.19. The van der Waals surface area contributed by atoms with Crippen LogP contribution in [0.3, 0.4) is 0 Å². The van der Waals surface area contributed by atoms with E-state index in [-0.39, 0.29) is 11.3 Å². The number of hydrogen-bond acceptors (Lipinski definition) is 3. The number of alkyl halides is 3. The smallest absolute Gasteiger partial charge is 0.399 e. The Morgan fingerprint density at radius 3 is 2.12 bits per heavy atom. The molecular weight excluding hydrogens is 336 g/mol. The minimum atomic E-state index is -4.81. The summed E-state index contributed by atoms with van der Waals surface area (Å²) in [6.07, 6.45) is -4.81. The van der Waals surface area contributed by atoms with E-state index in [1.54, 1.807) is 6.07 Å². The molecule has 0 unspecified atom stereocenters. The number of anilines is 1. The first-order chi connectivity index (χ1) is 11.8. The normalized spacial score (nSPS) is 11.3. The predicted molar refractivity (Wildman–Crippen MR) is 83.1 cm³/mol. The van der Waals surface area contributed by atoms with Crippen molar-refractivity contribution < 1.29 is 17.6 Å². The van der Waals surface area contributed by atoms with Gasteiger partial charge in [0.05, 0.1) is 11.4 Å². The average Bonchev–Trinajstić information content (AvgIpc) is 2.96. The van der Waals surface area contributed by atoms with Crippen molar-refractivity contribution in [3.05, 3.63) is 65.6 Å². The Bertz CT molecular complexity index is 949. The lowest BCUT2D eigenvalue weighted by Gasteiger charge is -2.08. The third-order valence-corrected chi connectivity index (χ3v) is 3.52. The Balaban J connectivity index is 2.33. The Kier molecular flexibility index (Phi) is 3.93. The molecule has 0 saturated carbocycles. The van der Waals surface area contributed by atoms with E-state index in [4.69, 9.17) is 5.73 Å². The van der Waals surface area contributed by atoms with Gasteiger partial charge >= 0.3 is 6.18 Å². The SMILES string of the molecule is N#Cc1c(C(F)(F)F)nn(-c2ccc(N)cc2)c1-c1ccc(F)cc1. The molecular formula is C17H10F4N4. The van der Waals surface area contributed by atoms with Crippen molar-refractivity contribution in [3.63, 3.8) is 0 Å². The summed E-state index contributed by atoms with van der Waals surface area (Å²) in [7, 11) is 0. The highest BCUT2D eigenvalue weighted by Gasteiger charge is 2.40. The fourth-order valence-electron chi connectivity index (χ4n) is 2.40. The van der Waals surface area contributed by atoms with Crippen LogP contribution in [0.2, 0.25) is 0 Å². The molecule has 0 aliphatic rings. The average molecular weight is 346 g/mol. The van der Waals surface area contributed by atoms with Gasteiger partial charge in [0.1, 0.15) is 17.4 Å². The number of nitrogen functional groups attached to an aromatic ring is 1. The van der Waals surface area contributed by atoms with Crippen LogP contribution < -0.4 is 5.73 Å². The van der Waals surface area contributed by atoms with Gasteiger partial charge in [-0.15, -0.1) is 0 Å². The maximum atomic E-state index is 13.3. The summed E-state index contributed by atoms with van der Waals surface area (Å²) in [4.78, 5) is 0. The van der Waals surface area contributed by atoms with Gasteiger partial charge in [-0.05, 0) is 48.5 Å². The number of hydrogen-bond donors (Lipinski definition) is 1. The number of nitrogens with zero attached hydrogens (tertiary/aromatic N) is 3. The molecule has 3 aromatic rings. The highest BCUT2D eigenvalue weighted by Crippen LogP contribution is 2.37. The number of halogens is 4. The van der Waals surface area contributed by atoms with Crippen LogP contribution in [-0.4, -0.2) is 9.78 Å². The van der Waals surface area contributed by atoms with E-state index in [0.717, 1.165) is 16.8 Å². The summed E-state index contributed by atoms with van der Waals surface area (Å²) in [5.74, 6) is -0.545. The zero-order chi connectivity index (χ0) is 18.2. The van der Waals surface area contributed by atoms with E-state index >= 15 is 0 Å². The Morgan fingerprint density at radius 1 is 1.00 bits per heavy atom. The minimum absolute atomic E-state index is 0.0698. The molecule has 0 spiro atoms. The Labute approximate surface area is 139 Å². The molecule has 3 rings (SSSR count). The maximum Gasteiger partial charge on any atom is 0.436 e. The molecule has 1 heterocycles. The number of nitrogens with two attached hydrogens (primary N) is 1. The van der Waals surface area contributed by atoms with Gasteiger partial charge in [-0.1, -0.05) is 0 Å². The van der Waals surface area contributed by atoms with E-state index in [1.807, 2.05) is 0 Å². The van der Waals surface area contributed by atoms with Crippen molar-refractivity contribution in [3.8, 4) is 23.0 Å². The quantitative estimate of drug-likeness (QED) is 0.560. The highest BCUT2D eigenvalue weighted by molar-refractivity contribution is 5.71. The lowest BCUT2D eigenvalue weighted by Crippen LogP contribution is -2.08. The van der Waals surface area contributed by atoms with E-state index in [9.17, 15) is 22.8 Å². The summed E-state index contributed by atoms with van der Waals surface area (Å²) in [5.41, 5.74) is 4.55. The van der Waals surface area contributed by atoms with Crippen LogP contribution in [0, 0.1) is 17.1 Å². The first kappa shape index (κ1) is 16.5. The first-order valence-electron chi connectivity index (χ1n) is 7.03. The van der Waals surface area contributed by atoms with Crippen molar-refractivity contribution >= 4 is 5.69 Å². The Morgan fingerprint density at radius 2 is 1.60 bits per heavy atom. The molecule has 126 valence electrons. The molecule has 25 heavy (non-hydrogen) atoms. The summed E-state index contributed by atoms with van der Waals surface area (Å²) < 4.78 is 54.0. The molecule has 0 saturated heterocycles. The number of aromatic nitrogens is 2. The summed E-state index contributed by atoms with van der Waals surface area (Å²) in [6, 6.07) is 12.3. The number of rotatable bonds is 2. The molecule has 0 aliphatic heterocycles. The van der Waals surface area contributed by atoms with Gasteiger partial charge in [0.2, 0.25) is 0 Å². The van der Waals surface area contributed by atoms with Crippen LogP contribution in [0.1, 0.15) is 11.3 Å². The van der Waals surface area contributed by atoms with Crippen LogP contribution in [0.25, 0.3) is 16.9 Å². The van der Waals surface area contributed by atoms with Gasteiger partial charge < -0.3 is 5.73 Å². The van der Waals surface area contributed by atoms with Crippen LogP contribution in [-0.2, 0) is 6.18 Å². The van der Waals surface area contributed by atoms with E-state index < -0.39 is 23.3 Å². The molecule has 0 bridgehead atoms. The predicted octanol–water partition coefficient (Wildman–Crippen LogP) is 4.15. The molecule has 4 nitrogen and oxygen atoms in total. The molecule has 2 aromatic carbocycles. The molecule has 0 aliphatic carbocycles. The lowest BCUT2D eigenvalue weighted by atomic mass is 10.1. The largest absolute Gasteiger partial charge is 0.436 e. The van der Waals surface area contributed by atoms with Crippen LogP contribution in [0.5, 0.6) is 0 Å². The van der Waals surface area contributed by atoms with Gasteiger partial charge in [-0.3, -0.25) is 0 Å². The van der Waals surface area contributed by atoms with E-state index in [2.05, 4.69) is 5.10 Å². The van der Waals surface area contributed by atoms with Crippen molar-refractivity contribution in [1.82, 2.24) is 9.78 Å². The number of benzene rings is 2. The van der Waals surface area contributed by atoms with Gasteiger partial charge in [0, 0.05) is 11.3 Å². The van der Waals surface area contributed by atoms with Gasteiger partial charge in [0.15, 0.2) is 5.69 Å². The molecule has 0 atom stereocenters. The van der Waals surface area contributed by atoms with Crippen molar-refractivity contribution in [1.29, 1.82) is 5.26 Å². The molecule has 0 radical (unpaired) electrons. The topological polar surface area (TPSA) is 67.6 Å². The number of nitriles is 1. The molecule has 0 fully saturated rings. The van der Waals surface area contributed by atoms with Crippen molar-refractivity contribution in [2.45, 2.75) is 6.18 Å². The van der Waals surface area contributed by atoms with E-state index in [0.29, 0.717) is 11.4 Å². The Hall–Kier alpha value is -3.34. The van der Waals surface area contributed by atoms with Gasteiger partial charge in [0.25, 0.3) is 0 Å². The van der Waals surface area contributed by atoms with Gasteiger partial charge in [-0.25, -0.2) is 9.07 Å². The summed E-state index contributed by atoms with van der Waals surface area (Å²) >= 11 is 0. The standard InChI is InChI=1S/C17H10F4N4/c18-11-3-1-10(2-4-11)15-14(9-22)16(17(19,20)21)24-25(15)13-7-5-12(23)6-8-13/h1-8H,23H2. The molecule has 1 aromatic heterocycles. The maximum absolute atomic E-state index is 13.3. The third kappa shape index (κ3) is 3.04.